The second-order valence-corrected chi connectivity index (χ2v) is 11.5. The molecule has 4 rings (SSSR count). The highest BCUT2D eigenvalue weighted by atomic mass is 35.5. The topological polar surface area (TPSA) is 94.1 Å². The lowest BCUT2D eigenvalue weighted by atomic mass is 9.96. The zero-order valence-corrected chi connectivity index (χ0v) is 19.7. The number of hydrogen-bond acceptors (Lipinski definition) is 6. The van der Waals surface area contributed by atoms with Crippen LogP contribution in [0.1, 0.15) is 32.2 Å². The molecule has 0 radical (unpaired) electrons. The first-order valence-electron chi connectivity index (χ1n) is 10.2. The van der Waals surface area contributed by atoms with Crippen molar-refractivity contribution in [1.29, 1.82) is 0 Å². The van der Waals surface area contributed by atoms with Crippen molar-refractivity contribution in [2.75, 3.05) is 17.2 Å². The number of benzene rings is 2. The molecule has 2 N–H and O–H groups in total. The summed E-state index contributed by atoms with van der Waals surface area (Å²) in [5, 5.41) is 5.02. The fraction of sp³-hybridized carbons (Fsp3) is 0.364. The van der Waals surface area contributed by atoms with E-state index in [0.717, 1.165) is 11.6 Å². The number of rotatable bonds is 3. The first-order valence-corrected chi connectivity index (χ1v) is 12.2. The van der Waals surface area contributed by atoms with E-state index in [9.17, 15) is 8.42 Å². The van der Waals surface area contributed by atoms with Crippen LogP contribution >= 0.6 is 11.6 Å². The highest BCUT2D eigenvalue weighted by molar-refractivity contribution is 7.91. The van der Waals surface area contributed by atoms with Crippen molar-refractivity contribution in [2.24, 2.45) is 5.73 Å². The monoisotopic (exact) mass is 477 g/mol. The zero-order valence-electron chi connectivity index (χ0n) is 18.1. The van der Waals surface area contributed by atoms with Gasteiger partial charge in [0.1, 0.15) is 17.8 Å². The summed E-state index contributed by atoms with van der Waals surface area (Å²) in [5.74, 6) is -0.396. The van der Waals surface area contributed by atoms with Crippen LogP contribution in [0.2, 0.25) is 5.02 Å². The Hall–Kier alpha value is -2.49. The third kappa shape index (κ3) is 4.51. The third-order valence-corrected chi connectivity index (χ3v) is 7.40. The lowest BCUT2D eigenvalue weighted by molar-refractivity contribution is 0.540. The smallest absolute Gasteiger partial charge is 0.182 e. The molecule has 0 aliphatic carbocycles. The molecule has 3 aromatic rings. The Bertz CT molecular complexity index is 1250. The summed E-state index contributed by atoms with van der Waals surface area (Å²) < 4.78 is 42.4. The van der Waals surface area contributed by atoms with E-state index >= 15 is 4.39 Å². The molecule has 7 nitrogen and oxygen atoms in total. The predicted molar refractivity (Wildman–Crippen MR) is 123 cm³/mol. The molecule has 1 aromatic heterocycles. The van der Waals surface area contributed by atoms with Crippen molar-refractivity contribution in [2.45, 2.75) is 43.7 Å². The highest BCUT2D eigenvalue weighted by Gasteiger charge is 2.32. The maximum atomic E-state index is 15.1. The van der Waals surface area contributed by atoms with Gasteiger partial charge in [-0.2, -0.15) is 5.10 Å². The Morgan fingerprint density at radius 1 is 1.19 bits per heavy atom. The van der Waals surface area contributed by atoms with E-state index in [1.165, 1.54) is 17.1 Å². The number of halogens is 2. The van der Waals surface area contributed by atoms with Gasteiger partial charge in [0, 0.05) is 29.6 Å². The molecule has 32 heavy (non-hydrogen) atoms. The van der Waals surface area contributed by atoms with E-state index in [2.05, 4.69) is 10.1 Å². The van der Waals surface area contributed by atoms with Crippen molar-refractivity contribution in [3.63, 3.8) is 0 Å². The number of anilines is 1. The summed E-state index contributed by atoms with van der Waals surface area (Å²) in [6, 6.07) is 9.22. The summed E-state index contributed by atoms with van der Waals surface area (Å²) in [7, 11) is -3.77. The van der Waals surface area contributed by atoms with Gasteiger partial charge in [-0.1, -0.05) is 44.5 Å². The van der Waals surface area contributed by atoms with Crippen LogP contribution in [-0.2, 0) is 21.8 Å². The molecule has 0 spiro atoms. The molecule has 170 valence electrons. The summed E-state index contributed by atoms with van der Waals surface area (Å²) >= 11 is 5.99. The minimum Gasteiger partial charge on any atom is -0.364 e. The minimum absolute atomic E-state index is 0.0724. The van der Waals surface area contributed by atoms with Crippen molar-refractivity contribution >= 4 is 27.1 Å². The summed E-state index contributed by atoms with van der Waals surface area (Å²) in [6.45, 7) is 6.57. The Morgan fingerprint density at radius 3 is 2.50 bits per heavy atom. The molecule has 0 saturated heterocycles. The third-order valence-electron chi connectivity index (χ3n) is 5.29. The van der Waals surface area contributed by atoms with Crippen LogP contribution in [0, 0.1) is 5.82 Å². The van der Waals surface area contributed by atoms with E-state index in [-0.39, 0.29) is 21.8 Å². The quantitative estimate of drug-likeness (QED) is 0.620. The van der Waals surface area contributed by atoms with Gasteiger partial charge in [-0.3, -0.25) is 0 Å². The van der Waals surface area contributed by atoms with Crippen molar-refractivity contribution in [3.8, 4) is 5.69 Å². The Kier molecular flexibility index (Phi) is 5.77. The van der Waals surface area contributed by atoms with Crippen LogP contribution in [0.15, 0.2) is 47.6 Å². The maximum absolute atomic E-state index is 15.1. The average molecular weight is 478 g/mol. The Balaban J connectivity index is 1.84. The molecule has 1 atom stereocenters. The minimum atomic E-state index is -3.77. The van der Waals surface area contributed by atoms with Crippen molar-refractivity contribution in [3.05, 3.63) is 65.0 Å². The SMILES string of the molecule is CC(C)(C)c1ncn(-c2cc3c(cc2F)S(=O)(=O)C[C@H](N)CN3Cc2ccc(Cl)cc2)n1. The molecule has 1 aliphatic heterocycles. The fourth-order valence-corrected chi connectivity index (χ4v) is 5.46. The van der Waals surface area contributed by atoms with Gasteiger partial charge in [-0.25, -0.2) is 22.5 Å². The fourth-order valence-electron chi connectivity index (χ4n) is 3.69. The first kappa shape index (κ1) is 22.7. The Labute approximate surface area is 191 Å². The lowest BCUT2D eigenvalue weighted by Crippen LogP contribution is -2.39. The van der Waals surface area contributed by atoms with Gasteiger partial charge in [0.05, 0.1) is 16.3 Å². The molecule has 2 heterocycles. The maximum Gasteiger partial charge on any atom is 0.182 e. The molecular formula is C22H25ClFN5O2S. The van der Waals surface area contributed by atoms with Gasteiger partial charge in [-0.05, 0) is 29.8 Å². The number of nitrogens with zero attached hydrogens (tertiary/aromatic N) is 4. The molecule has 0 saturated carbocycles. The second-order valence-electron chi connectivity index (χ2n) is 9.08. The van der Waals surface area contributed by atoms with E-state index in [1.54, 1.807) is 12.1 Å². The predicted octanol–water partition coefficient (Wildman–Crippen LogP) is 3.48. The van der Waals surface area contributed by atoms with E-state index < -0.39 is 21.7 Å². The molecular weight excluding hydrogens is 453 g/mol. The van der Waals surface area contributed by atoms with E-state index in [1.807, 2.05) is 37.8 Å². The van der Waals surface area contributed by atoms with Crippen LogP contribution in [-0.4, -0.2) is 41.5 Å². The van der Waals surface area contributed by atoms with Crippen LogP contribution in [0.3, 0.4) is 0 Å². The summed E-state index contributed by atoms with van der Waals surface area (Å²) in [6.07, 6.45) is 1.44. The number of aromatic nitrogens is 3. The van der Waals surface area contributed by atoms with Crippen LogP contribution in [0.5, 0.6) is 0 Å². The molecule has 0 amide bonds. The molecule has 2 aromatic carbocycles. The standard InChI is InChI=1S/C22H25ClFN5O2S/c1-22(2,3)21-26-13-29(27-21)18-9-19-20(8-17(18)24)32(30,31)12-16(25)11-28(19)10-14-4-6-15(23)7-5-14/h4-9,13,16H,10-12,25H2,1-3H3/t16-/m1/s1. The highest BCUT2D eigenvalue weighted by Crippen LogP contribution is 2.34. The van der Waals surface area contributed by atoms with Crippen molar-refractivity contribution < 1.29 is 12.8 Å². The molecule has 0 unspecified atom stereocenters. The van der Waals surface area contributed by atoms with Gasteiger partial charge in [0.15, 0.2) is 15.7 Å². The van der Waals surface area contributed by atoms with Crippen molar-refractivity contribution in [1.82, 2.24) is 14.8 Å². The van der Waals surface area contributed by atoms with Gasteiger partial charge >= 0.3 is 0 Å². The van der Waals surface area contributed by atoms with Crippen LogP contribution in [0.4, 0.5) is 10.1 Å². The van der Waals surface area contributed by atoms with Gasteiger partial charge in [0.25, 0.3) is 0 Å². The molecule has 10 heteroatoms. The van der Waals surface area contributed by atoms with Gasteiger partial charge in [0.2, 0.25) is 0 Å². The second kappa shape index (κ2) is 8.13. The lowest BCUT2D eigenvalue weighted by Gasteiger charge is -2.26. The largest absolute Gasteiger partial charge is 0.364 e. The van der Waals surface area contributed by atoms with E-state index in [4.69, 9.17) is 17.3 Å². The number of hydrogen-bond donors (Lipinski definition) is 1. The van der Waals surface area contributed by atoms with Crippen LogP contribution < -0.4 is 10.6 Å². The normalized spacial score (nSPS) is 18.3. The van der Waals surface area contributed by atoms with Gasteiger partial charge in [-0.15, -0.1) is 0 Å². The van der Waals surface area contributed by atoms with Gasteiger partial charge < -0.3 is 10.6 Å². The Morgan fingerprint density at radius 2 is 1.88 bits per heavy atom. The first-order chi connectivity index (χ1) is 14.9. The average Bonchev–Trinajstić information content (AvgIpc) is 3.16. The number of fused-ring (bicyclic) bond motifs is 1. The summed E-state index contributed by atoms with van der Waals surface area (Å²) in [5.41, 5.74) is 7.25. The number of sulfone groups is 1. The molecule has 0 bridgehead atoms. The number of nitrogens with two attached hydrogens (primary N) is 1. The van der Waals surface area contributed by atoms with E-state index in [0.29, 0.717) is 29.6 Å². The zero-order chi connectivity index (χ0) is 23.3. The van der Waals surface area contributed by atoms with Crippen LogP contribution in [0.25, 0.3) is 5.69 Å². The summed E-state index contributed by atoms with van der Waals surface area (Å²) in [4.78, 5) is 6.08. The molecule has 0 fully saturated rings. The molecule has 1 aliphatic rings.